The Balaban J connectivity index is 1.34. The molecule has 1 amide bonds. The number of carbonyl (C=O) groups excluding carboxylic acids is 1. The third kappa shape index (κ3) is 4.88. The average molecular weight is 509 g/mol. The summed E-state index contributed by atoms with van der Waals surface area (Å²) in [6, 6.07) is 14.5. The molecule has 0 unspecified atom stereocenters. The number of pyridine rings is 1. The SMILES string of the molecule is CC#Cc1ccc2c(Oc3ccc(F)c(C(=O)N4CCN(c5ccc(C#N)cn5)CC4)c3)n[nH]c(=O)c2c1. The topological polar surface area (TPSA) is 115 Å². The first kappa shape index (κ1) is 24.5. The number of carbonyl (C=O) groups is 1. The van der Waals surface area contributed by atoms with Gasteiger partial charge in [-0.15, -0.1) is 11.0 Å². The molecule has 1 fully saturated rings. The molecule has 1 saturated heterocycles. The van der Waals surface area contributed by atoms with Crippen LogP contribution in [0.4, 0.5) is 10.2 Å². The predicted octanol–water partition coefficient (Wildman–Crippen LogP) is 3.45. The Kier molecular flexibility index (Phi) is 6.70. The summed E-state index contributed by atoms with van der Waals surface area (Å²) in [6.07, 6.45) is 1.51. The van der Waals surface area contributed by atoms with Crippen LogP contribution in [0.3, 0.4) is 0 Å². The van der Waals surface area contributed by atoms with Gasteiger partial charge in [0, 0.05) is 37.9 Å². The highest BCUT2D eigenvalue weighted by Gasteiger charge is 2.25. The molecule has 38 heavy (non-hydrogen) atoms. The van der Waals surface area contributed by atoms with Crippen LogP contribution in [0.25, 0.3) is 10.8 Å². The third-order valence-electron chi connectivity index (χ3n) is 6.17. The van der Waals surface area contributed by atoms with Crippen LogP contribution in [0, 0.1) is 29.0 Å². The van der Waals surface area contributed by atoms with Crippen molar-refractivity contribution in [3.8, 4) is 29.5 Å². The number of halogens is 1. The van der Waals surface area contributed by atoms with Gasteiger partial charge in [0.15, 0.2) is 0 Å². The van der Waals surface area contributed by atoms with Crippen molar-refractivity contribution in [1.29, 1.82) is 5.26 Å². The first-order valence-electron chi connectivity index (χ1n) is 11.8. The van der Waals surface area contributed by atoms with Gasteiger partial charge in [-0.25, -0.2) is 14.5 Å². The monoisotopic (exact) mass is 508 g/mol. The third-order valence-corrected chi connectivity index (χ3v) is 6.17. The quantitative estimate of drug-likeness (QED) is 0.420. The van der Waals surface area contributed by atoms with Gasteiger partial charge in [0.2, 0.25) is 5.88 Å². The zero-order chi connectivity index (χ0) is 26.6. The van der Waals surface area contributed by atoms with Gasteiger partial charge in [0.05, 0.1) is 21.9 Å². The number of anilines is 1. The summed E-state index contributed by atoms with van der Waals surface area (Å²) in [7, 11) is 0. The fraction of sp³-hybridized carbons (Fsp3) is 0.179. The van der Waals surface area contributed by atoms with E-state index in [2.05, 4.69) is 27.0 Å². The lowest BCUT2D eigenvalue weighted by Crippen LogP contribution is -2.49. The molecule has 3 heterocycles. The summed E-state index contributed by atoms with van der Waals surface area (Å²) in [4.78, 5) is 33.4. The molecule has 9 nitrogen and oxygen atoms in total. The van der Waals surface area contributed by atoms with Gasteiger partial charge < -0.3 is 14.5 Å². The Hall–Kier alpha value is -5.22. The smallest absolute Gasteiger partial charge is 0.272 e. The summed E-state index contributed by atoms with van der Waals surface area (Å²) >= 11 is 0. The number of amides is 1. The average Bonchev–Trinajstić information content (AvgIpc) is 2.95. The first-order chi connectivity index (χ1) is 18.5. The maximum absolute atomic E-state index is 14.7. The van der Waals surface area contributed by atoms with Gasteiger partial charge in [0.1, 0.15) is 23.5 Å². The summed E-state index contributed by atoms with van der Waals surface area (Å²) in [5.74, 6) is 5.60. The Morgan fingerprint density at radius 2 is 1.84 bits per heavy atom. The highest BCUT2D eigenvalue weighted by Crippen LogP contribution is 2.28. The lowest BCUT2D eigenvalue weighted by atomic mass is 10.1. The molecule has 0 radical (unpaired) electrons. The fourth-order valence-electron chi connectivity index (χ4n) is 4.23. The molecule has 5 rings (SSSR count). The molecule has 0 aliphatic carbocycles. The van der Waals surface area contributed by atoms with Crippen molar-refractivity contribution in [3.05, 3.63) is 87.6 Å². The molecule has 0 saturated carbocycles. The predicted molar refractivity (Wildman–Crippen MR) is 138 cm³/mol. The van der Waals surface area contributed by atoms with Crippen LogP contribution in [0.5, 0.6) is 11.6 Å². The molecule has 2 aromatic heterocycles. The maximum atomic E-state index is 14.7. The fourth-order valence-corrected chi connectivity index (χ4v) is 4.23. The van der Waals surface area contributed by atoms with Crippen LogP contribution in [0.2, 0.25) is 0 Å². The summed E-state index contributed by atoms with van der Waals surface area (Å²) in [5.41, 5.74) is 0.632. The van der Waals surface area contributed by atoms with Crippen molar-refractivity contribution >= 4 is 22.5 Å². The largest absolute Gasteiger partial charge is 0.437 e. The van der Waals surface area contributed by atoms with Gasteiger partial charge in [-0.3, -0.25) is 9.59 Å². The van der Waals surface area contributed by atoms with Gasteiger partial charge >= 0.3 is 0 Å². The number of ether oxygens (including phenoxy) is 1. The molecule has 10 heteroatoms. The number of piperazine rings is 1. The van der Waals surface area contributed by atoms with E-state index in [-0.39, 0.29) is 17.2 Å². The number of H-pyrrole nitrogens is 1. The molecule has 0 spiro atoms. The molecule has 2 aromatic carbocycles. The van der Waals surface area contributed by atoms with E-state index in [1.54, 1.807) is 42.2 Å². The highest BCUT2D eigenvalue weighted by molar-refractivity contribution is 5.95. The van der Waals surface area contributed by atoms with E-state index in [9.17, 15) is 14.0 Å². The van der Waals surface area contributed by atoms with E-state index in [0.29, 0.717) is 53.9 Å². The van der Waals surface area contributed by atoms with Crippen molar-refractivity contribution in [2.45, 2.75) is 6.92 Å². The second kappa shape index (κ2) is 10.4. The molecule has 0 bridgehead atoms. The number of nitriles is 1. The Morgan fingerprint density at radius 3 is 2.55 bits per heavy atom. The van der Waals surface area contributed by atoms with Gasteiger partial charge in [0.25, 0.3) is 11.5 Å². The minimum atomic E-state index is -0.666. The summed E-state index contributed by atoms with van der Waals surface area (Å²) in [5, 5.41) is 16.2. The summed E-state index contributed by atoms with van der Waals surface area (Å²) in [6.45, 7) is 3.48. The van der Waals surface area contributed by atoms with E-state index in [1.807, 2.05) is 11.0 Å². The van der Waals surface area contributed by atoms with Crippen molar-refractivity contribution in [3.63, 3.8) is 0 Å². The van der Waals surface area contributed by atoms with Crippen LogP contribution in [-0.2, 0) is 0 Å². The number of fused-ring (bicyclic) bond motifs is 1. The second-order valence-electron chi connectivity index (χ2n) is 8.53. The molecule has 1 aliphatic rings. The molecule has 4 aromatic rings. The van der Waals surface area contributed by atoms with Crippen molar-refractivity contribution in [1.82, 2.24) is 20.1 Å². The van der Waals surface area contributed by atoms with E-state index in [4.69, 9.17) is 10.00 Å². The van der Waals surface area contributed by atoms with Crippen molar-refractivity contribution < 1.29 is 13.9 Å². The number of rotatable bonds is 4. The lowest BCUT2D eigenvalue weighted by molar-refractivity contribution is 0.0741. The van der Waals surface area contributed by atoms with Crippen molar-refractivity contribution in [2.24, 2.45) is 0 Å². The van der Waals surface area contributed by atoms with Crippen molar-refractivity contribution in [2.75, 3.05) is 31.1 Å². The second-order valence-corrected chi connectivity index (χ2v) is 8.53. The van der Waals surface area contributed by atoms with Crippen LogP contribution in [0.1, 0.15) is 28.4 Å². The van der Waals surface area contributed by atoms with E-state index < -0.39 is 17.3 Å². The number of nitrogens with one attached hydrogen (secondary N) is 1. The first-order valence-corrected chi connectivity index (χ1v) is 11.8. The van der Waals surface area contributed by atoms with Crippen LogP contribution < -0.4 is 15.2 Å². The Bertz CT molecular complexity index is 1690. The number of aromatic nitrogens is 3. The van der Waals surface area contributed by atoms with Gasteiger partial charge in [-0.1, -0.05) is 5.92 Å². The minimum absolute atomic E-state index is 0.115. The van der Waals surface area contributed by atoms with Gasteiger partial charge in [-0.2, -0.15) is 5.26 Å². The summed E-state index contributed by atoms with van der Waals surface area (Å²) < 4.78 is 20.6. The van der Waals surface area contributed by atoms with E-state index in [0.717, 1.165) is 0 Å². The Morgan fingerprint density at radius 1 is 1.05 bits per heavy atom. The molecule has 0 atom stereocenters. The zero-order valence-electron chi connectivity index (χ0n) is 20.4. The molecular weight excluding hydrogens is 487 g/mol. The zero-order valence-corrected chi connectivity index (χ0v) is 20.4. The number of hydrogen-bond acceptors (Lipinski definition) is 7. The highest BCUT2D eigenvalue weighted by atomic mass is 19.1. The van der Waals surface area contributed by atoms with E-state index in [1.165, 1.54) is 24.4 Å². The number of hydrogen-bond donors (Lipinski definition) is 1. The number of benzene rings is 2. The molecular formula is C28H21FN6O3. The van der Waals surface area contributed by atoms with Crippen LogP contribution in [-0.4, -0.2) is 52.2 Å². The minimum Gasteiger partial charge on any atom is -0.437 e. The van der Waals surface area contributed by atoms with Gasteiger partial charge in [-0.05, 0) is 55.5 Å². The standard InChI is InChI=1S/C28H21FN6O3/c1-2-3-18-4-7-21-22(14-18)26(36)32-33-27(21)38-20-6-8-24(29)23(15-20)28(37)35-12-10-34(11-13-35)25-9-5-19(16-30)17-31-25/h4-9,14-15,17H,10-13H2,1H3,(H,32,36). The molecule has 1 aliphatic heterocycles. The van der Waals surface area contributed by atoms with Crippen LogP contribution in [0.15, 0.2) is 59.5 Å². The maximum Gasteiger partial charge on any atom is 0.272 e. The number of nitrogens with zero attached hydrogens (tertiary/aromatic N) is 5. The molecule has 1 N–H and O–H groups in total. The van der Waals surface area contributed by atoms with E-state index >= 15 is 0 Å². The number of aromatic amines is 1. The normalized spacial score (nSPS) is 13.0. The Labute approximate surface area is 217 Å². The van der Waals surface area contributed by atoms with Crippen LogP contribution >= 0.6 is 0 Å². The lowest BCUT2D eigenvalue weighted by Gasteiger charge is -2.35. The molecule has 188 valence electrons.